The average molecular weight is 266 g/mol. The van der Waals surface area contributed by atoms with Gasteiger partial charge in [0.05, 0.1) is 5.69 Å². The quantitative estimate of drug-likeness (QED) is 0.621. The van der Waals surface area contributed by atoms with Crippen molar-refractivity contribution >= 4 is 11.9 Å². The number of rotatable bonds is 6. The van der Waals surface area contributed by atoms with Gasteiger partial charge in [-0.1, -0.05) is 18.2 Å². The Bertz CT molecular complexity index is 479. The molecule has 0 aliphatic heterocycles. The van der Waals surface area contributed by atoms with Crippen LogP contribution in [0, 0.1) is 6.92 Å². The molecule has 0 fully saturated rings. The molecular weight excluding hydrogens is 248 g/mol. The number of ether oxygens (including phenoxy) is 1. The second kappa shape index (κ2) is 6.72. The van der Waals surface area contributed by atoms with Gasteiger partial charge in [-0.05, 0) is 20.3 Å². The van der Waals surface area contributed by atoms with E-state index >= 15 is 0 Å². The lowest BCUT2D eigenvalue weighted by atomic mass is 10.1. The van der Waals surface area contributed by atoms with Crippen molar-refractivity contribution in [1.82, 2.24) is 10.5 Å². The Balaban J connectivity index is 2.71. The van der Waals surface area contributed by atoms with Crippen LogP contribution in [-0.4, -0.2) is 29.7 Å². The minimum absolute atomic E-state index is 0.297. The van der Waals surface area contributed by atoms with Gasteiger partial charge >= 0.3 is 5.97 Å². The van der Waals surface area contributed by atoms with E-state index in [9.17, 15) is 9.59 Å². The smallest absolute Gasteiger partial charge is 0.344 e. The van der Waals surface area contributed by atoms with E-state index in [0.717, 1.165) is 0 Å². The fourth-order valence-corrected chi connectivity index (χ4v) is 1.51. The van der Waals surface area contributed by atoms with E-state index in [1.54, 1.807) is 13.0 Å². The summed E-state index contributed by atoms with van der Waals surface area (Å²) in [5.41, 5.74) is 0.826. The molecule has 0 aromatic carbocycles. The Morgan fingerprint density at radius 3 is 2.84 bits per heavy atom. The number of aromatic nitrogens is 1. The highest BCUT2D eigenvalue weighted by atomic mass is 16.5. The minimum atomic E-state index is -0.883. The zero-order valence-corrected chi connectivity index (χ0v) is 11.4. The Labute approximate surface area is 111 Å². The topological polar surface area (TPSA) is 81.4 Å². The van der Waals surface area contributed by atoms with E-state index in [4.69, 9.17) is 9.26 Å². The second-order valence-electron chi connectivity index (χ2n) is 4.00. The number of hydrogen-bond acceptors (Lipinski definition) is 5. The summed E-state index contributed by atoms with van der Waals surface area (Å²) in [7, 11) is 0. The van der Waals surface area contributed by atoms with Gasteiger partial charge in [0.2, 0.25) is 0 Å². The summed E-state index contributed by atoms with van der Waals surface area (Å²) in [5, 5.41) is 6.32. The maximum Gasteiger partial charge on any atom is 0.344 e. The van der Waals surface area contributed by atoms with Crippen molar-refractivity contribution in [3.8, 4) is 0 Å². The Morgan fingerprint density at radius 2 is 2.26 bits per heavy atom. The standard InChI is InChI=1S/C13H18N2O4/c1-5-7-14-12(16)9(4)18-13(17)11-8(3)19-15-10(11)6-2/h5,9H,1,6-7H2,2-4H3,(H,14,16). The van der Waals surface area contributed by atoms with Crippen LogP contribution in [0.2, 0.25) is 0 Å². The number of amides is 1. The summed E-state index contributed by atoms with van der Waals surface area (Å²) in [5.74, 6) is -0.585. The lowest BCUT2D eigenvalue weighted by Crippen LogP contribution is -2.36. The van der Waals surface area contributed by atoms with Gasteiger partial charge in [-0.15, -0.1) is 6.58 Å². The van der Waals surface area contributed by atoms with Crippen molar-refractivity contribution in [3.05, 3.63) is 29.7 Å². The molecule has 1 aromatic rings. The van der Waals surface area contributed by atoms with E-state index in [1.165, 1.54) is 6.92 Å². The van der Waals surface area contributed by atoms with Gasteiger partial charge in [0.15, 0.2) is 6.10 Å². The molecule has 0 saturated heterocycles. The highest BCUT2D eigenvalue weighted by Gasteiger charge is 2.24. The molecule has 0 spiro atoms. The van der Waals surface area contributed by atoms with Crippen LogP contribution in [0.4, 0.5) is 0 Å². The predicted octanol–water partition coefficient (Wildman–Crippen LogP) is 1.39. The van der Waals surface area contributed by atoms with E-state index in [0.29, 0.717) is 30.0 Å². The molecular formula is C13H18N2O4. The molecule has 0 radical (unpaired) electrons. The number of hydrogen-bond donors (Lipinski definition) is 1. The molecule has 1 unspecified atom stereocenters. The number of nitrogens with one attached hydrogen (secondary N) is 1. The summed E-state index contributed by atoms with van der Waals surface area (Å²) < 4.78 is 10.0. The summed E-state index contributed by atoms with van der Waals surface area (Å²) >= 11 is 0. The number of esters is 1. The molecule has 0 aliphatic rings. The maximum atomic E-state index is 12.0. The van der Waals surface area contributed by atoms with Crippen LogP contribution >= 0.6 is 0 Å². The molecule has 0 bridgehead atoms. The molecule has 6 nitrogen and oxygen atoms in total. The summed E-state index contributed by atoms with van der Waals surface area (Å²) in [6, 6.07) is 0. The third-order valence-corrected chi connectivity index (χ3v) is 2.55. The second-order valence-corrected chi connectivity index (χ2v) is 4.00. The van der Waals surface area contributed by atoms with Gasteiger partial charge < -0.3 is 14.6 Å². The average Bonchev–Trinajstić information content (AvgIpc) is 2.76. The third-order valence-electron chi connectivity index (χ3n) is 2.55. The van der Waals surface area contributed by atoms with Crippen molar-refractivity contribution in [2.24, 2.45) is 0 Å². The van der Waals surface area contributed by atoms with E-state index < -0.39 is 12.1 Å². The van der Waals surface area contributed by atoms with Crippen LogP contribution in [0.15, 0.2) is 17.2 Å². The first-order valence-corrected chi connectivity index (χ1v) is 6.06. The molecule has 104 valence electrons. The molecule has 0 aliphatic carbocycles. The molecule has 19 heavy (non-hydrogen) atoms. The number of carbonyl (C=O) groups is 2. The van der Waals surface area contributed by atoms with Crippen molar-refractivity contribution in [3.63, 3.8) is 0 Å². The molecule has 6 heteroatoms. The SMILES string of the molecule is C=CCNC(=O)C(C)OC(=O)c1c(CC)noc1C. The minimum Gasteiger partial charge on any atom is -0.449 e. The van der Waals surface area contributed by atoms with E-state index in [2.05, 4.69) is 17.1 Å². The molecule has 1 N–H and O–H groups in total. The number of nitrogens with zero attached hydrogens (tertiary/aromatic N) is 1. The van der Waals surface area contributed by atoms with Crippen molar-refractivity contribution < 1.29 is 18.8 Å². The molecule has 1 atom stereocenters. The zero-order chi connectivity index (χ0) is 14.4. The van der Waals surface area contributed by atoms with Gasteiger partial charge in [-0.3, -0.25) is 4.79 Å². The van der Waals surface area contributed by atoms with Gasteiger partial charge in [0.25, 0.3) is 5.91 Å². The first-order chi connectivity index (χ1) is 9.01. The van der Waals surface area contributed by atoms with Gasteiger partial charge in [0, 0.05) is 6.54 Å². The lowest BCUT2D eigenvalue weighted by Gasteiger charge is -2.12. The highest BCUT2D eigenvalue weighted by Crippen LogP contribution is 2.16. The third kappa shape index (κ3) is 3.67. The monoisotopic (exact) mass is 266 g/mol. The molecule has 1 rings (SSSR count). The Hall–Kier alpha value is -2.11. The van der Waals surface area contributed by atoms with E-state index in [-0.39, 0.29) is 5.91 Å². The van der Waals surface area contributed by atoms with Crippen LogP contribution < -0.4 is 5.32 Å². The molecule has 1 heterocycles. The molecule has 1 aromatic heterocycles. The first-order valence-electron chi connectivity index (χ1n) is 6.06. The van der Waals surface area contributed by atoms with Gasteiger partial charge in [-0.25, -0.2) is 4.79 Å². The highest BCUT2D eigenvalue weighted by molar-refractivity contribution is 5.93. The first kappa shape index (κ1) is 14.9. The largest absolute Gasteiger partial charge is 0.449 e. The Kier molecular flexibility index (Phi) is 5.29. The van der Waals surface area contributed by atoms with Crippen LogP contribution in [-0.2, 0) is 16.0 Å². The fourth-order valence-electron chi connectivity index (χ4n) is 1.51. The summed E-state index contributed by atoms with van der Waals surface area (Å²) in [6.07, 6.45) is 1.22. The predicted molar refractivity (Wildman–Crippen MR) is 68.7 cm³/mol. The molecule has 1 amide bonds. The van der Waals surface area contributed by atoms with Crippen molar-refractivity contribution in [2.45, 2.75) is 33.3 Å². The van der Waals surface area contributed by atoms with Gasteiger partial charge in [-0.2, -0.15) is 0 Å². The van der Waals surface area contributed by atoms with Crippen LogP contribution in [0.5, 0.6) is 0 Å². The Morgan fingerprint density at radius 1 is 1.58 bits per heavy atom. The number of carbonyl (C=O) groups excluding carboxylic acids is 2. The molecule has 0 saturated carbocycles. The van der Waals surface area contributed by atoms with Crippen molar-refractivity contribution in [2.75, 3.05) is 6.54 Å². The lowest BCUT2D eigenvalue weighted by molar-refractivity contribution is -0.128. The summed E-state index contributed by atoms with van der Waals surface area (Å²) in [6.45, 7) is 8.80. The van der Waals surface area contributed by atoms with Gasteiger partial charge in [0.1, 0.15) is 11.3 Å². The van der Waals surface area contributed by atoms with Crippen LogP contribution in [0.1, 0.15) is 35.7 Å². The van der Waals surface area contributed by atoms with E-state index in [1.807, 2.05) is 6.92 Å². The van der Waals surface area contributed by atoms with Crippen molar-refractivity contribution in [1.29, 1.82) is 0 Å². The van der Waals surface area contributed by atoms with Crippen LogP contribution in [0.3, 0.4) is 0 Å². The summed E-state index contributed by atoms with van der Waals surface area (Å²) in [4.78, 5) is 23.5. The normalized spacial score (nSPS) is 11.7. The van der Waals surface area contributed by atoms with Crippen LogP contribution in [0.25, 0.3) is 0 Å². The fraction of sp³-hybridized carbons (Fsp3) is 0.462. The zero-order valence-electron chi connectivity index (χ0n) is 11.4. The maximum absolute atomic E-state index is 12.0. The number of aryl methyl sites for hydroxylation is 2.